The van der Waals surface area contributed by atoms with E-state index in [-0.39, 0.29) is 31.2 Å². The molecule has 72 valence electrons. The van der Waals surface area contributed by atoms with Gasteiger partial charge in [-0.2, -0.15) is 0 Å². The number of rotatable bonds is 3. The minimum atomic E-state index is -1.47. The number of carbonyl (C=O) groups is 3. The number of imide groups is 1. The van der Waals surface area contributed by atoms with E-state index in [0.29, 0.717) is 0 Å². The molecule has 0 aliphatic carbocycles. The summed E-state index contributed by atoms with van der Waals surface area (Å²) in [4.78, 5) is 33.2. The van der Waals surface area contributed by atoms with Crippen LogP contribution in [0.1, 0.15) is 12.8 Å². The third-order valence-corrected chi connectivity index (χ3v) is 1.84. The predicted octanol–water partition coefficient (Wildman–Crippen LogP) is -2.02. The van der Waals surface area contributed by atoms with Crippen molar-refractivity contribution < 1.29 is 19.5 Å². The molecule has 0 aromatic rings. The first-order valence-electron chi connectivity index (χ1n) is 3.83. The first-order chi connectivity index (χ1) is 6.02. The monoisotopic (exact) mass is 186 g/mol. The number of β-amino-alcohol motifs (C(OH)–C–C–N with tert-alkyl or cyclic N) is 1. The van der Waals surface area contributed by atoms with Gasteiger partial charge in [-0.05, 0) is 0 Å². The first-order valence-corrected chi connectivity index (χ1v) is 3.83. The van der Waals surface area contributed by atoms with E-state index in [1.165, 1.54) is 0 Å². The minimum Gasteiger partial charge on any atom is -0.381 e. The lowest BCUT2D eigenvalue weighted by atomic mass is 10.3. The number of aliphatic hydroxyl groups excluding tert-OH is 1. The standard InChI is InChI=1S/C7H10N2O4/c8-7(13)4(10)3-9-5(11)1-2-6(9)12/h4,10H,1-3H2,(H2,8,13). The molecule has 1 fully saturated rings. The summed E-state index contributed by atoms with van der Waals surface area (Å²) in [7, 11) is 0. The quantitative estimate of drug-likeness (QED) is 0.497. The summed E-state index contributed by atoms with van der Waals surface area (Å²) in [6, 6.07) is 0. The van der Waals surface area contributed by atoms with Gasteiger partial charge in [0.15, 0.2) is 6.10 Å². The van der Waals surface area contributed by atoms with Gasteiger partial charge in [0, 0.05) is 12.8 Å². The summed E-state index contributed by atoms with van der Waals surface area (Å²) in [5.41, 5.74) is 4.77. The van der Waals surface area contributed by atoms with Crippen LogP contribution in [0.25, 0.3) is 0 Å². The normalized spacial score (nSPS) is 19.3. The lowest BCUT2D eigenvalue weighted by Crippen LogP contribution is -2.42. The second-order valence-corrected chi connectivity index (χ2v) is 2.82. The van der Waals surface area contributed by atoms with Crippen LogP contribution in [0.5, 0.6) is 0 Å². The number of hydrogen-bond acceptors (Lipinski definition) is 4. The summed E-state index contributed by atoms with van der Waals surface area (Å²) in [5.74, 6) is -1.68. The van der Waals surface area contributed by atoms with Crippen molar-refractivity contribution in [1.29, 1.82) is 0 Å². The summed E-state index contributed by atoms with van der Waals surface area (Å²) >= 11 is 0. The smallest absolute Gasteiger partial charge is 0.248 e. The number of aliphatic hydroxyl groups is 1. The largest absolute Gasteiger partial charge is 0.381 e. The van der Waals surface area contributed by atoms with Crippen LogP contribution in [0.3, 0.4) is 0 Å². The number of hydrogen-bond donors (Lipinski definition) is 2. The van der Waals surface area contributed by atoms with E-state index in [9.17, 15) is 14.4 Å². The zero-order valence-corrected chi connectivity index (χ0v) is 6.90. The summed E-state index contributed by atoms with van der Waals surface area (Å²) in [5, 5.41) is 9.00. The van der Waals surface area contributed by atoms with E-state index in [4.69, 9.17) is 10.8 Å². The Morgan fingerprint density at radius 3 is 2.31 bits per heavy atom. The molecule has 6 nitrogen and oxygen atoms in total. The molecule has 3 amide bonds. The lowest BCUT2D eigenvalue weighted by molar-refractivity contribution is -0.141. The molecule has 3 N–H and O–H groups in total. The predicted molar refractivity (Wildman–Crippen MR) is 41.2 cm³/mol. The van der Waals surface area contributed by atoms with Crippen molar-refractivity contribution in [2.24, 2.45) is 5.73 Å². The van der Waals surface area contributed by atoms with Crippen LogP contribution in [0.4, 0.5) is 0 Å². The van der Waals surface area contributed by atoms with Gasteiger partial charge in [0.2, 0.25) is 17.7 Å². The van der Waals surface area contributed by atoms with Gasteiger partial charge < -0.3 is 10.8 Å². The summed E-state index contributed by atoms with van der Waals surface area (Å²) in [6.45, 7) is -0.326. The Morgan fingerprint density at radius 1 is 1.46 bits per heavy atom. The Hall–Kier alpha value is -1.43. The molecule has 1 rings (SSSR count). The number of carbonyl (C=O) groups excluding carboxylic acids is 3. The van der Waals surface area contributed by atoms with Gasteiger partial charge in [0.1, 0.15) is 0 Å². The maximum atomic E-state index is 11.0. The van der Waals surface area contributed by atoms with E-state index in [1.807, 2.05) is 0 Å². The van der Waals surface area contributed by atoms with E-state index < -0.39 is 12.0 Å². The van der Waals surface area contributed by atoms with Crippen molar-refractivity contribution in [2.45, 2.75) is 18.9 Å². The molecule has 1 aliphatic rings. The molecule has 0 spiro atoms. The highest BCUT2D eigenvalue weighted by atomic mass is 16.3. The molecular weight excluding hydrogens is 176 g/mol. The molecule has 6 heteroatoms. The Labute approximate surface area is 74.3 Å². The molecule has 0 radical (unpaired) electrons. The number of amides is 3. The second-order valence-electron chi connectivity index (χ2n) is 2.82. The Bertz CT molecular complexity index is 247. The Balaban J connectivity index is 2.57. The third-order valence-electron chi connectivity index (χ3n) is 1.84. The molecule has 1 unspecified atom stereocenters. The highest BCUT2D eigenvalue weighted by molar-refractivity contribution is 6.02. The maximum Gasteiger partial charge on any atom is 0.248 e. The van der Waals surface area contributed by atoms with Crippen LogP contribution in [-0.4, -0.2) is 40.4 Å². The van der Waals surface area contributed by atoms with Gasteiger partial charge in [-0.1, -0.05) is 0 Å². The Kier molecular flexibility index (Phi) is 2.62. The van der Waals surface area contributed by atoms with Gasteiger partial charge >= 0.3 is 0 Å². The Morgan fingerprint density at radius 2 is 1.92 bits per heavy atom. The lowest BCUT2D eigenvalue weighted by Gasteiger charge is -2.15. The van der Waals surface area contributed by atoms with Crippen molar-refractivity contribution in [1.82, 2.24) is 4.90 Å². The fraction of sp³-hybridized carbons (Fsp3) is 0.571. The van der Waals surface area contributed by atoms with Crippen molar-refractivity contribution in [3.63, 3.8) is 0 Å². The minimum absolute atomic E-state index is 0.143. The van der Waals surface area contributed by atoms with E-state index in [1.54, 1.807) is 0 Å². The van der Waals surface area contributed by atoms with E-state index in [2.05, 4.69) is 0 Å². The molecule has 1 aliphatic heterocycles. The molecule has 0 bridgehead atoms. The molecule has 13 heavy (non-hydrogen) atoms. The number of nitrogens with two attached hydrogens (primary N) is 1. The number of likely N-dealkylation sites (tertiary alicyclic amines) is 1. The average molecular weight is 186 g/mol. The summed E-state index contributed by atoms with van der Waals surface area (Å²) in [6.07, 6.45) is -1.18. The highest BCUT2D eigenvalue weighted by Gasteiger charge is 2.31. The molecule has 1 saturated heterocycles. The van der Waals surface area contributed by atoms with Crippen LogP contribution in [-0.2, 0) is 14.4 Å². The molecule has 1 atom stereocenters. The van der Waals surface area contributed by atoms with Crippen LogP contribution in [0.2, 0.25) is 0 Å². The van der Waals surface area contributed by atoms with Crippen molar-refractivity contribution in [3.05, 3.63) is 0 Å². The molecule has 0 aromatic carbocycles. The topological polar surface area (TPSA) is 101 Å². The van der Waals surface area contributed by atoms with Crippen LogP contribution >= 0.6 is 0 Å². The fourth-order valence-electron chi connectivity index (χ4n) is 1.09. The van der Waals surface area contributed by atoms with Crippen LogP contribution in [0, 0.1) is 0 Å². The van der Waals surface area contributed by atoms with Gasteiger partial charge in [0.25, 0.3) is 0 Å². The zero-order chi connectivity index (χ0) is 10.0. The number of nitrogens with zero attached hydrogens (tertiary/aromatic N) is 1. The molecular formula is C7H10N2O4. The van der Waals surface area contributed by atoms with Crippen molar-refractivity contribution in [2.75, 3.05) is 6.54 Å². The van der Waals surface area contributed by atoms with E-state index in [0.717, 1.165) is 4.90 Å². The van der Waals surface area contributed by atoms with Gasteiger partial charge in [-0.25, -0.2) is 0 Å². The maximum absolute atomic E-state index is 11.0. The fourth-order valence-corrected chi connectivity index (χ4v) is 1.09. The highest BCUT2D eigenvalue weighted by Crippen LogP contribution is 2.11. The SMILES string of the molecule is NC(=O)C(O)CN1C(=O)CCC1=O. The molecule has 0 saturated carbocycles. The zero-order valence-electron chi connectivity index (χ0n) is 6.90. The second kappa shape index (κ2) is 3.53. The number of primary amides is 1. The third kappa shape index (κ3) is 2.03. The van der Waals surface area contributed by atoms with Crippen molar-refractivity contribution in [3.8, 4) is 0 Å². The molecule has 1 heterocycles. The summed E-state index contributed by atoms with van der Waals surface area (Å²) < 4.78 is 0. The molecule has 0 aromatic heterocycles. The first kappa shape index (κ1) is 9.66. The van der Waals surface area contributed by atoms with Gasteiger partial charge in [-0.15, -0.1) is 0 Å². The van der Waals surface area contributed by atoms with Gasteiger partial charge in [-0.3, -0.25) is 19.3 Å². The van der Waals surface area contributed by atoms with Crippen molar-refractivity contribution >= 4 is 17.7 Å². The van der Waals surface area contributed by atoms with E-state index >= 15 is 0 Å². The van der Waals surface area contributed by atoms with Gasteiger partial charge in [0.05, 0.1) is 6.54 Å². The van der Waals surface area contributed by atoms with Crippen LogP contribution < -0.4 is 5.73 Å². The average Bonchev–Trinajstić information content (AvgIpc) is 2.35. The van der Waals surface area contributed by atoms with Crippen LogP contribution in [0.15, 0.2) is 0 Å².